The molecule has 6 heterocycles. The van der Waals surface area contributed by atoms with E-state index in [-0.39, 0.29) is 24.5 Å². The van der Waals surface area contributed by atoms with Crippen molar-refractivity contribution in [2.45, 2.75) is 166 Å². The lowest BCUT2D eigenvalue weighted by atomic mass is 9.84. The first kappa shape index (κ1) is 54.1. The first-order chi connectivity index (χ1) is 30.9. The van der Waals surface area contributed by atoms with Crippen molar-refractivity contribution >= 4 is 180 Å². The Balaban J connectivity index is 1.56. The summed E-state index contributed by atoms with van der Waals surface area (Å²) >= 11 is 21.0. The first-order valence-electron chi connectivity index (χ1n) is 20.9. The van der Waals surface area contributed by atoms with Gasteiger partial charge in [-0.15, -0.1) is 141 Å². The van der Waals surface area contributed by atoms with E-state index >= 15 is 13.7 Å². The van der Waals surface area contributed by atoms with Gasteiger partial charge in [-0.3, -0.25) is 13.7 Å². The molecule has 0 spiro atoms. The smallest absolute Gasteiger partial charge is 0.309 e. The summed E-state index contributed by atoms with van der Waals surface area (Å²) in [5, 5.41) is 1.85. The molecule has 6 aliphatic heterocycles. The summed E-state index contributed by atoms with van der Waals surface area (Å²) in [6, 6.07) is 0. The fourth-order valence-corrected chi connectivity index (χ4v) is 32.9. The molecule has 6 aliphatic rings. The molecule has 0 amide bonds. The van der Waals surface area contributed by atoms with Crippen LogP contribution in [0, 0.1) is 5.92 Å². The van der Waals surface area contributed by atoms with Gasteiger partial charge in [-0.25, -0.2) is 0 Å². The van der Waals surface area contributed by atoms with E-state index in [0.717, 1.165) is 81.4 Å². The van der Waals surface area contributed by atoms with Gasteiger partial charge in [0, 0.05) is 101 Å². The van der Waals surface area contributed by atoms with Crippen molar-refractivity contribution in [2.75, 3.05) is 42.7 Å². The van der Waals surface area contributed by atoms with E-state index in [9.17, 15) is 0 Å². The van der Waals surface area contributed by atoms with Crippen molar-refractivity contribution < 1.29 is 40.8 Å². The molecule has 9 rings (SSSR count). The second kappa shape index (κ2) is 17.9. The summed E-state index contributed by atoms with van der Waals surface area (Å²) in [6.45, 7) is 26.6. The molecule has 1 radical (unpaired) electrons. The second-order valence-electron chi connectivity index (χ2n) is 18.7. The van der Waals surface area contributed by atoms with Crippen molar-refractivity contribution in [3.63, 3.8) is 0 Å². The lowest BCUT2D eigenvalue weighted by molar-refractivity contribution is 0.285. The Bertz CT molecular complexity index is 2370. The Labute approximate surface area is 447 Å². The maximum Gasteiger partial charge on any atom is 0.363 e. The Hall–Kier alpha value is 2.31. The SMILES string of the molecule is COP(=O)(OC)c1c2c(c([C](c3c4c(c(P(=O)(OC)OC)c5c3SC(C)(C)S5)SC(C)(C)S4)c3c4c(c(P(=O)(OC)OC)c5c3SC(C)(C)S5)SC(C)(C)S4)c3c1SC(C)(C)S3)SC(C)(C)S2. The molecule has 24 heteroatoms. The molecule has 0 atom stereocenters. The van der Waals surface area contributed by atoms with Gasteiger partial charge in [-0.1, -0.05) is 0 Å². The zero-order chi connectivity index (χ0) is 49.2. The molecule has 9 nitrogen and oxygen atoms in total. The zero-order valence-electron chi connectivity index (χ0n) is 40.4. The first-order valence-corrected chi connectivity index (χ1v) is 35.3. The van der Waals surface area contributed by atoms with Gasteiger partial charge < -0.3 is 27.1 Å². The summed E-state index contributed by atoms with van der Waals surface area (Å²) < 4.78 is 79.0. The van der Waals surface area contributed by atoms with Crippen LogP contribution in [0.1, 0.15) is 99.8 Å². The molecule has 367 valence electrons. The van der Waals surface area contributed by atoms with Crippen LogP contribution in [0.25, 0.3) is 0 Å². The van der Waals surface area contributed by atoms with E-state index in [1.165, 1.54) is 42.7 Å². The van der Waals surface area contributed by atoms with Crippen LogP contribution in [-0.2, 0) is 40.8 Å². The van der Waals surface area contributed by atoms with Crippen LogP contribution < -0.4 is 15.9 Å². The van der Waals surface area contributed by atoms with E-state index in [2.05, 4.69) is 83.1 Å². The predicted octanol–water partition coefficient (Wildman–Crippen LogP) is 16.6. The fourth-order valence-electron chi connectivity index (χ4n) is 8.75. The third-order valence-corrected chi connectivity index (χ3v) is 34.9. The highest BCUT2D eigenvalue weighted by Crippen LogP contribution is 2.75. The molecule has 0 saturated heterocycles. The zero-order valence-corrected chi connectivity index (χ0v) is 52.9. The minimum absolute atomic E-state index is 0.365. The minimum Gasteiger partial charge on any atom is -0.309 e. The summed E-state index contributed by atoms with van der Waals surface area (Å²) in [5.74, 6) is 1.04. The molecule has 67 heavy (non-hydrogen) atoms. The van der Waals surface area contributed by atoms with Gasteiger partial charge in [0.15, 0.2) is 0 Å². The van der Waals surface area contributed by atoms with Crippen LogP contribution in [0.4, 0.5) is 0 Å². The van der Waals surface area contributed by atoms with Gasteiger partial charge in [0.05, 0.1) is 46.3 Å². The quantitative estimate of drug-likeness (QED) is 0.127. The molecular formula is C43H54O9P3S12. The van der Waals surface area contributed by atoms with Gasteiger partial charge in [-0.2, -0.15) is 0 Å². The van der Waals surface area contributed by atoms with Crippen LogP contribution in [0.3, 0.4) is 0 Å². The van der Waals surface area contributed by atoms with E-state index in [0.29, 0.717) is 15.9 Å². The number of fused-ring (bicyclic) bond motifs is 6. The number of rotatable bonds is 12. The van der Waals surface area contributed by atoms with Crippen molar-refractivity contribution in [3.8, 4) is 0 Å². The van der Waals surface area contributed by atoms with Gasteiger partial charge >= 0.3 is 22.8 Å². The van der Waals surface area contributed by atoms with Crippen LogP contribution in [-0.4, -0.2) is 67.1 Å². The van der Waals surface area contributed by atoms with Crippen LogP contribution in [0.5, 0.6) is 0 Å². The molecule has 3 aromatic rings. The molecule has 0 aliphatic carbocycles. The summed E-state index contributed by atoms with van der Waals surface area (Å²) in [4.78, 5) is 11.5. The highest BCUT2D eigenvalue weighted by molar-refractivity contribution is 8.24. The Morgan fingerprint density at radius 2 is 0.418 bits per heavy atom. The predicted molar refractivity (Wildman–Crippen MR) is 298 cm³/mol. The second-order valence-corrected chi connectivity index (χ2v) is 46.4. The average Bonchev–Trinajstić information content (AvgIpc) is 4.04. The molecule has 0 fully saturated rings. The molecule has 0 aromatic heterocycles. The largest absolute Gasteiger partial charge is 0.363 e. The lowest BCUT2D eigenvalue weighted by Crippen LogP contribution is -2.22. The van der Waals surface area contributed by atoms with Crippen LogP contribution in [0.2, 0.25) is 0 Å². The highest BCUT2D eigenvalue weighted by Gasteiger charge is 2.56. The molecule has 0 saturated carbocycles. The topological polar surface area (TPSA) is 107 Å². The number of hydrogen-bond acceptors (Lipinski definition) is 21. The number of benzene rings is 3. The summed E-state index contributed by atoms with van der Waals surface area (Å²) in [6.07, 6.45) is 0. The van der Waals surface area contributed by atoms with Gasteiger partial charge in [0.1, 0.15) is 0 Å². The maximum absolute atomic E-state index is 15.2. The molecule has 0 N–H and O–H groups in total. The van der Waals surface area contributed by atoms with Gasteiger partial charge in [0.2, 0.25) is 0 Å². The lowest BCUT2D eigenvalue weighted by Gasteiger charge is -2.32. The van der Waals surface area contributed by atoms with E-state index in [4.69, 9.17) is 27.1 Å². The maximum atomic E-state index is 15.2. The van der Waals surface area contributed by atoms with E-state index in [1.807, 2.05) is 0 Å². The minimum atomic E-state index is -3.83. The monoisotopic (exact) mass is 1190 g/mol. The summed E-state index contributed by atoms with van der Waals surface area (Å²) in [7, 11) is -2.64. The Morgan fingerprint density at radius 3 is 0.552 bits per heavy atom. The van der Waals surface area contributed by atoms with Crippen LogP contribution >= 0.6 is 164 Å². The standard InChI is InChI=1S/C43H54O9P3S12/c1-38(2)56-26-20(27-33(63-39(3,4)57-27)23(32(26)62-38)53(44,47-13)48-14)19(21-28-34(64-40(5,6)58-28)24(54(45,49-15)50-16)35-29(21)59-41(7,8)65-35)22-30-36(66-42(9,10)60-30)25(55(46,51-17)52-18)37-31(22)61-43(11,12)67-37/h1-18H3. The molecular weight excluding hydrogens is 1140 g/mol. The highest BCUT2D eigenvalue weighted by atomic mass is 32.2. The normalized spacial score (nSPS) is 22.3. The number of hydrogen-bond donors (Lipinski definition) is 0. The molecule has 0 bridgehead atoms. The molecule has 0 unspecified atom stereocenters. The fraction of sp³-hybridized carbons (Fsp3) is 0.558. The van der Waals surface area contributed by atoms with Crippen molar-refractivity contribution in [2.24, 2.45) is 0 Å². The number of thioether (sulfide) groups is 12. The van der Waals surface area contributed by atoms with Gasteiger partial charge in [0.25, 0.3) is 0 Å². The van der Waals surface area contributed by atoms with Crippen LogP contribution in [0.15, 0.2) is 58.7 Å². The average molecular weight is 1190 g/mol. The molecule has 3 aromatic carbocycles. The third kappa shape index (κ3) is 9.04. The van der Waals surface area contributed by atoms with Crippen molar-refractivity contribution in [3.05, 3.63) is 22.6 Å². The van der Waals surface area contributed by atoms with Gasteiger partial charge in [-0.05, 0) is 99.8 Å². The van der Waals surface area contributed by atoms with Crippen molar-refractivity contribution in [1.29, 1.82) is 0 Å². The van der Waals surface area contributed by atoms with E-state index in [1.54, 1.807) is 141 Å². The van der Waals surface area contributed by atoms with E-state index < -0.39 is 22.8 Å². The van der Waals surface area contributed by atoms with Crippen molar-refractivity contribution in [1.82, 2.24) is 0 Å². The Morgan fingerprint density at radius 1 is 0.284 bits per heavy atom. The summed E-state index contributed by atoms with van der Waals surface area (Å²) in [5.41, 5.74) is 3.19. The Kier molecular flexibility index (Phi) is 14.5. The third-order valence-electron chi connectivity index (χ3n) is 11.1.